The number of hydrogen-bond donors (Lipinski definition) is 0. The minimum atomic E-state index is -0.296. The molecule has 6 nitrogen and oxygen atoms in total. The summed E-state index contributed by atoms with van der Waals surface area (Å²) in [5.74, 6) is -0.226. The molecule has 2 atom stereocenters. The molecule has 0 aliphatic carbocycles. The second-order valence-electron chi connectivity index (χ2n) is 7.80. The smallest absolute Gasteiger partial charge is 0.286 e. The highest BCUT2D eigenvalue weighted by Crippen LogP contribution is 2.31. The number of carbonyl (C=O) groups excluding carboxylic acids is 2. The van der Waals surface area contributed by atoms with Gasteiger partial charge in [0, 0.05) is 43.8 Å². The van der Waals surface area contributed by atoms with Crippen molar-refractivity contribution in [2.24, 2.45) is 10.9 Å². The van der Waals surface area contributed by atoms with Gasteiger partial charge in [-0.15, -0.1) is 22.7 Å². The number of halogens is 1. The quantitative estimate of drug-likeness (QED) is 0.629. The van der Waals surface area contributed by atoms with Crippen molar-refractivity contribution in [3.8, 4) is 0 Å². The second-order valence-corrected chi connectivity index (χ2v) is 10.6. The van der Waals surface area contributed by atoms with Crippen molar-refractivity contribution < 1.29 is 14.3 Å². The van der Waals surface area contributed by atoms with Gasteiger partial charge in [-0.1, -0.05) is 11.6 Å². The third-order valence-electron chi connectivity index (χ3n) is 5.54. The Kier molecular flexibility index (Phi) is 6.69. The SMILES string of the molecule is COC[C@@H]1CC(C=NC(=O)c2ccc(Cl)s2)CN1C(=O)c1cc2c(s1)CN(C)CC2. The summed E-state index contributed by atoms with van der Waals surface area (Å²) in [6.45, 7) is 2.93. The second kappa shape index (κ2) is 9.28. The molecule has 9 heteroatoms. The molecule has 160 valence electrons. The number of thiophene rings is 2. The first kappa shape index (κ1) is 21.6. The molecular formula is C21H24ClN3O3S2. The van der Waals surface area contributed by atoms with E-state index in [0.29, 0.717) is 22.4 Å². The Morgan fingerprint density at radius 3 is 2.90 bits per heavy atom. The largest absolute Gasteiger partial charge is 0.383 e. The summed E-state index contributed by atoms with van der Waals surface area (Å²) in [4.78, 5) is 36.4. The summed E-state index contributed by atoms with van der Waals surface area (Å²) in [7, 11) is 3.75. The zero-order chi connectivity index (χ0) is 21.3. The van der Waals surface area contributed by atoms with Gasteiger partial charge in [0.2, 0.25) is 0 Å². The van der Waals surface area contributed by atoms with E-state index in [-0.39, 0.29) is 23.8 Å². The van der Waals surface area contributed by atoms with Gasteiger partial charge in [0.1, 0.15) is 0 Å². The summed E-state index contributed by atoms with van der Waals surface area (Å²) in [6.07, 6.45) is 3.40. The molecule has 4 rings (SSSR count). The first-order valence-corrected chi connectivity index (χ1v) is 11.9. The molecule has 0 spiro atoms. The number of likely N-dealkylation sites (tertiary alicyclic amines) is 1. The highest BCUT2D eigenvalue weighted by atomic mass is 35.5. The number of hydrogen-bond acceptors (Lipinski definition) is 6. The average Bonchev–Trinajstić information content (AvgIpc) is 3.43. The summed E-state index contributed by atoms with van der Waals surface area (Å²) >= 11 is 8.72. The number of aliphatic imine (C=N–C) groups is 1. The van der Waals surface area contributed by atoms with Crippen molar-refractivity contribution in [3.05, 3.63) is 42.7 Å². The van der Waals surface area contributed by atoms with Crippen LogP contribution in [0.2, 0.25) is 4.34 Å². The van der Waals surface area contributed by atoms with Crippen LogP contribution in [0.3, 0.4) is 0 Å². The molecule has 2 amide bonds. The van der Waals surface area contributed by atoms with Gasteiger partial charge in [0.25, 0.3) is 11.8 Å². The van der Waals surface area contributed by atoms with Crippen LogP contribution in [0, 0.1) is 5.92 Å². The van der Waals surface area contributed by atoms with E-state index in [4.69, 9.17) is 16.3 Å². The van der Waals surface area contributed by atoms with E-state index in [0.717, 1.165) is 30.8 Å². The maximum Gasteiger partial charge on any atom is 0.286 e. The highest BCUT2D eigenvalue weighted by molar-refractivity contribution is 7.18. The summed E-state index contributed by atoms with van der Waals surface area (Å²) < 4.78 is 5.93. The molecule has 2 aliphatic rings. The summed E-state index contributed by atoms with van der Waals surface area (Å²) in [6, 6.07) is 5.41. The molecule has 2 aliphatic heterocycles. The lowest BCUT2D eigenvalue weighted by Gasteiger charge is -2.23. The highest BCUT2D eigenvalue weighted by Gasteiger charge is 2.36. The Hall–Kier alpha value is -1.58. The number of methoxy groups -OCH3 is 1. The summed E-state index contributed by atoms with van der Waals surface area (Å²) in [5, 5.41) is 0. The number of likely N-dealkylation sites (N-methyl/N-ethyl adjacent to an activating group) is 1. The van der Waals surface area contributed by atoms with Gasteiger partial charge in [-0.05, 0) is 43.7 Å². The number of amides is 2. The van der Waals surface area contributed by atoms with E-state index in [1.54, 1.807) is 36.8 Å². The molecule has 1 saturated heterocycles. The van der Waals surface area contributed by atoms with Crippen molar-refractivity contribution in [3.63, 3.8) is 0 Å². The van der Waals surface area contributed by atoms with Crippen LogP contribution in [-0.2, 0) is 17.7 Å². The van der Waals surface area contributed by atoms with Crippen LogP contribution >= 0.6 is 34.3 Å². The van der Waals surface area contributed by atoms with Gasteiger partial charge in [-0.25, -0.2) is 4.99 Å². The molecule has 0 radical (unpaired) electrons. The molecule has 0 bridgehead atoms. The fourth-order valence-electron chi connectivity index (χ4n) is 4.02. The van der Waals surface area contributed by atoms with Crippen LogP contribution in [-0.4, -0.2) is 67.7 Å². The van der Waals surface area contributed by atoms with Crippen molar-refractivity contribution in [1.29, 1.82) is 0 Å². The monoisotopic (exact) mass is 465 g/mol. The topological polar surface area (TPSA) is 62.2 Å². The Morgan fingerprint density at radius 1 is 1.33 bits per heavy atom. The standard InChI is InChI=1S/C21H24ClN3O3S2/c1-24-6-5-14-8-17(29-18(14)11-24)21(27)25-10-13(7-15(25)12-28-2)9-23-20(26)16-3-4-19(22)30-16/h3-4,8-9,13,15H,5-7,10-12H2,1-2H3/t13?,15-/m0/s1. The Bertz CT molecular complexity index is 971. The van der Waals surface area contributed by atoms with E-state index in [1.807, 2.05) is 4.90 Å². The van der Waals surface area contributed by atoms with E-state index < -0.39 is 0 Å². The molecule has 2 aromatic rings. The lowest BCUT2D eigenvalue weighted by atomic mass is 10.1. The zero-order valence-electron chi connectivity index (χ0n) is 17.0. The predicted octanol–water partition coefficient (Wildman–Crippen LogP) is 3.84. The molecule has 2 aromatic heterocycles. The van der Waals surface area contributed by atoms with Crippen molar-refractivity contribution in [2.45, 2.75) is 25.4 Å². The normalized spacial score (nSPS) is 22.0. The zero-order valence-corrected chi connectivity index (χ0v) is 19.4. The van der Waals surface area contributed by atoms with Gasteiger partial charge in [-0.3, -0.25) is 9.59 Å². The van der Waals surface area contributed by atoms with E-state index in [2.05, 4.69) is 23.0 Å². The molecule has 4 heterocycles. The van der Waals surface area contributed by atoms with Gasteiger partial charge >= 0.3 is 0 Å². The van der Waals surface area contributed by atoms with Gasteiger partial charge < -0.3 is 14.5 Å². The van der Waals surface area contributed by atoms with E-state index in [1.165, 1.54) is 21.8 Å². The molecule has 30 heavy (non-hydrogen) atoms. The minimum Gasteiger partial charge on any atom is -0.383 e. The molecule has 0 saturated carbocycles. The van der Waals surface area contributed by atoms with Gasteiger partial charge in [0.15, 0.2) is 0 Å². The molecule has 1 fully saturated rings. The fraction of sp³-hybridized carbons (Fsp3) is 0.476. The molecule has 0 aromatic carbocycles. The molecular weight excluding hydrogens is 442 g/mol. The Morgan fingerprint density at radius 2 is 2.17 bits per heavy atom. The van der Waals surface area contributed by atoms with Gasteiger partial charge in [0.05, 0.1) is 26.7 Å². The van der Waals surface area contributed by atoms with Gasteiger partial charge in [-0.2, -0.15) is 0 Å². The predicted molar refractivity (Wildman–Crippen MR) is 121 cm³/mol. The van der Waals surface area contributed by atoms with Crippen LogP contribution in [0.25, 0.3) is 0 Å². The van der Waals surface area contributed by atoms with E-state index in [9.17, 15) is 9.59 Å². The summed E-state index contributed by atoms with van der Waals surface area (Å²) in [5.41, 5.74) is 1.29. The van der Waals surface area contributed by atoms with Crippen LogP contribution in [0.15, 0.2) is 23.2 Å². The third kappa shape index (κ3) is 4.68. The fourth-order valence-corrected chi connectivity index (χ4v) is 6.20. The maximum absolute atomic E-state index is 13.3. The first-order valence-electron chi connectivity index (χ1n) is 9.88. The van der Waals surface area contributed by atoms with E-state index >= 15 is 0 Å². The molecule has 0 N–H and O–H groups in total. The Balaban J connectivity index is 1.46. The lowest BCUT2D eigenvalue weighted by molar-refractivity contribution is 0.0634. The Labute approximate surface area is 189 Å². The number of carbonyl (C=O) groups is 2. The number of fused-ring (bicyclic) bond motifs is 1. The number of nitrogens with zero attached hydrogens (tertiary/aromatic N) is 3. The van der Waals surface area contributed by atoms with Crippen LogP contribution in [0.4, 0.5) is 0 Å². The van der Waals surface area contributed by atoms with Crippen molar-refractivity contribution >= 4 is 52.3 Å². The van der Waals surface area contributed by atoms with Crippen LogP contribution in [0.5, 0.6) is 0 Å². The number of ether oxygens (including phenoxy) is 1. The van der Waals surface area contributed by atoms with Crippen molar-refractivity contribution in [2.75, 3.05) is 33.9 Å². The third-order valence-corrected chi connectivity index (χ3v) is 7.91. The van der Waals surface area contributed by atoms with Crippen molar-refractivity contribution in [1.82, 2.24) is 9.80 Å². The average molecular weight is 466 g/mol. The first-order chi connectivity index (χ1) is 14.4. The number of rotatable bonds is 5. The van der Waals surface area contributed by atoms with Crippen LogP contribution < -0.4 is 0 Å². The maximum atomic E-state index is 13.3. The lowest BCUT2D eigenvalue weighted by Crippen LogP contribution is -2.37. The molecule has 1 unspecified atom stereocenters. The van der Waals surface area contributed by atoms with Crippen LogP contribution in [0.1, 0.15) is 36.2 Å². The minimum absolute atomic E-state index is 0.0213.